The van der Waals surface area contributed by atoms with Crippen LogP contribution in [0.4, 0.5) is 0 Å². The topological polar surface area (TPSA) is 55.8 Å². The van der Waals surface area contributed by atoms with E-state index in [1.54, 1.807) is 0 Å². The van der Waals surface area contributed by atoms with Crippen LogP contribution in [0.2, 0.25) is 0 Å². The minimum absolute atomic E-state index is 0.0624. The van der Waals surface area contributed by atoms with E-state index >= 15 is 0 Å². The first kappa shape index (κ1) is 20.4. The Morgan fingerprint density at radius 3 is 2.54 bits per heavy atom. The second kappa shape index (κ2) is 8.78. The molecule has 3 rings (SSSR count). The summed E-state index contributed by atoms with van der Waals surface area (Å²) in [5.74, 6) is 0.0786. The van der Waals surface area contributed by atoms with E-state index in [1.807, 2.05) is 6.07 Å². The number of hydrogen-bond acceptors (Lipinski definition) is 3. The standard InChI is InChI=1S/C24H30O4/c1-24(2,3)20-8-4-17(5-9-20)16-28-22-11-7-18-14-21(10-6-19(18)15-22)27-13-12-23(25)26/h4-5,7-9,11,15,21H,6,10,12-14,16H2,1-3H3,(H,25,26). The number of ether oxygens (including phenoxy) is 2. The molecule has 150 valence electrons. The van der Waals surface area contributed by atoms with Crippen LogP contribution in [0.1, 0.15) is 55.9 Å². The summed E-state index contributed by atoms with van der Waals surface area (Å²) in [7, 11) is 0. The molecule has 0 spiro atoms. The predicted octanol–water partition coefficient (Wildman–Crippen LogP) is 4.91. The molecule has 0 saturated heterocycles. The average molecular weight is 383 g/mol. The largest absolute Gasteiger partial charge is 0.489 e. The Hall–Kier alpha value is -2.33. The maximum absolute atomic E-state index is 10.6. The minimum atomic E-state index is -0.814. The molecule has 2 aromatic rings. The first-order valence-electron chi connectivity index (χ1n) is 9.99. The Morgan fingerprint density at radius 2 is 1.86 bits per heavy atom. The van der Waals surface area contributed by atoms with Gasteiger partial charge in [-0.05, 0) is 59.1 Å². The summed E-state index contributed by atoms with van der Waals surface area (Å²) in [4.78, 5) is 10.6. The molecule has 1 aliphatic carbocycles. The van der Waals surface area contributed by atoms with E-state index < -0.39 is 5.97 Å². The van der Waals surface area contributed by atoms with Gasteiger partial charge in [0.05, 0.1) is 19.1 Å². The summed E-state index contributed by atoms with van der Waals surface area (Å²) >= 11 is 0. The van der Waals surface area contributed by atoms with Crippen molar-refractivity contribution >= 4 is 5.97 Å². The summed E-state index contributed by atoms with van der Waals surface area (Å²) in [6, 6.07) is 14.9. The number of carbonyl (C=O) groups is 1. The van der Waals surface area contributed by atoms with Gasteiger partial charge in [0.2, 0.25) is 0 Å². The zero-order valence-corrected chi connectivity index (χ0v) is 17.0. The van der Waals surface area contributed by atoms with E-state index in [0.29, 0.717) is 6.61 Å². The Labute approximate surface area is 167 Å². The van der Waals surface area contributed by atoms with Crippen molar-refractivity contribution in [1.29, 1.82) is 0 Å². The van der Waals surface area contributed by atoms with Crippen LogP contribution in [-0.4, -0.2) is 23.8 Å². The maximum atomic E-state index is 10.6. The summed E-state index contributed by atoms with van der Waals surface area (Å²) in [6.07, 6.45) is 2.87. The number of fused-ring (bicyclic) bond motifs is 1. The molecule has 0 heterocycles. The van der Waals surface area contributed by atoms with Crippen molar-refractivity contribution in [3.63, 3.8) is 0 Å². The molecule has 4 heteroatoms. The summed E-state index contributed by atoms with van der Waals surface area (Å²) in [5, 5.41) is 8.72. The highest BCUT2D eigenvalue weighted by Crippen LogP contribution is 2.28. The molecule has 1 aliphatic rings. The van der Waals surface area contributed by atoms with Crippen molar-refractivity contribution in [2.75, 3.05) is 6.61 Å². The summed E-state index contributed by atoms with van der Waals surface area (Å²) in [6.45, 7) is 7.49. The van der Waals surface area contributed by atoms with E-state index in [2.05, 4.69) is 57.2 Å². The van der Waals surface area contributed by atoms with E-state index in [-0.39, 0.29) is 24.5 Å². The van der Waals surface area contributed by atoms with Gasteiger partial charge < -0.3 is 14.6 Å². The van der Waals surface area contributed by atoms with E-state index in [0.717, 1.165) is 30.6 Å². The van der Waals surface area contributed by atoms with Crippen LogP contribution in [-0.2, 0) is 34.4 Å². The van der Waals surface area contributed by atoms with Crippen LogP contribution < -0.4 is 4.74 Å². The Bertz CT molecular complexity index is 802. The predicted molar refractivity (Wildman–Crippen MR) is 110 cm³/mol. The van der Waals surface area contributed by atoms with Gasteiger partial charge in [-0.3, -0.25) is 4.79 Å². The fourth-order valence-corrected chi connectivity index (χ4v) is 3.51. The van der Waals surface area contributed by atoms with Gasteiger partial charge in [-0.15, -0.1) is 0 Å². The molecule has 0 radical (unpaired) electrons. The fraction of sp³-hybridized carbons (Fsp3) is 0.458. The van der Waals surface area contributed by atoms with Crippen molar-refractivity contribution in [1.82, 2.24) is 0 Å². The third kappa shape index (κ3) is 5.59. The zero-order valence-electron chi connectivity index (χ0n) is 17.0. The lowest BCUT2D eigenvalue weighted by Crippen LogP contribution is -2.23. The summed E-state index contributed by atoms with van der Waals surface area (Å²) in [5.41, 5.74) is 5.22. The lowest BCUT2D eigenvalue weighted by Gasteiger charge is -2.25. The molecule has 2 aromatic carbocycles. The van der Waals surface area contributed by atoms with Gasteiger partial charge >= 0.3 is 5.97 Å². The van der Waals surface area contributed by atoms with E-state index in [1.165, 1.54) is 16.7 Å². The smallest absolute Gasteiger partial charge is 0.305 e. The molecular formula is C24H30O4. The van der Waals surface area contributed by atoms with Gasteiger partial charge in [-0.25, -0.2) is 0 Å². The lowest BCUT2D eigenvalue weighted by molar-refractivity contribution is -0.138. The highest BCUT2D eigenvalue weighted by atomic mass is 16.5. The quantitative estimate of drug-likeness (QED) is 0.739. The van der Waals surface area contributed by atoms with Crippen molar-refractivity contribution in [2.24, 2.45) is 0 Å². The first-order chi connectivity index (χ1) is 13.3. The van der Waals surface area contributed by atoms with Crippen LogP contribution in [0.25, 0.3) is 0 Å². The molecule has 1 atom stereocenters. The van der Waals surface area contributed by atoms with Gasteiger partial charge in [0.1, 0.15) is 12.4 Å². The van der Waals surface area contributed by atoms with Crippen molar-refractivity contribution < 1.29 is 19.4 Å². The Morgan fingerprint density at radius 1 is 1.11 bits per heavy atom. The van der Waals surface area contributed by atoms with Crippen molar-refractivity contribution in [3.05, 3.63) is 64.7 Å². The molecule has 0 bridgehead atoms. The average Bonchev–Trinajstić information content (AvgIpc) is 2.65. The Kier molecular flexibility index (Phi) is 6.40. The monoisotopic (exact) mass is 382 g/mol. The molecule has 0 amide bonds. The molecule has 0 aliphatic heterocycles. The zero-order chi connectivity index (χ0) is 20.1. The molecule has 4 nitrogen and oxygen atoms in total. The molecule has 0 saturated carbocycles. The molecule has 1 N–H and O–H groups in total. The second-order valence-corrected chi connectivity index (χ2v) is 8.55. The number of rotatable bonds is 7. The molecule has 1 unspecified atom stereocenters. The van der Waals surface area contributed by atoms with Gasteiger partial charge in [-0.2, -0.15) is 0 Å². The third-order valence-corrected chi connectivity index (χ3v) is 5.26. The normalized spacial score (nSPS) is 16.5. The second-order valence-electron chi connectivity index (χ2n) is 8.55. The number of carboxylic acids is 1. The number of carboxylic acid groups (broad SMARTS) is 1. The van der Waals surface area contributed by atoms with Crippen molar-refractivity contribution in [3.8, 4) is 5.75 Å². The fourth-order valence-electron chi connectivity index (χ4n) is 3.51. The minimum Gasteiger partial charge on any atom is -0.489 e. The van der Waals surface area contributed by atoms with Crippen LogP contribution in [0.3, 0.4) is 0 Å². The van der Waals surface area contributed by atoms with Crippen LogP contribution in [0, 0.1) is 0 Å². The number of aliphatic carboxylic acids is 1. The Balaban J connectivity index is 1.54. The molecular weight excluding hydrogens is 352 g/mol. The van der Waals surface area contributed by atoms with Gasteiger partial charge in [-0.1, -0.05) is 51.1 Å². The van der Waals surface area contributed by atoms with Gasteiger partial charge in [0.25, 0.3) is 0 Å². The SMILES string of the molecule is CC(C)(C)c1ccc(COc2ccc3c(c2)CCC(OCCC(=O)O)C3)cc1. The van der Waals surface area contributed by atoms with Crippen LogP contribution in [0.5, 0.6) is 5.75 Å². The molecule has 28 heavy (non-hydrogen) atoms. The number of benzene rings is 2. The lowest BCUT2D eigenvalue weighted by atomic mass is 9.87. The van der Waals surface area contributed by atoms with E-state index in [4.69, 9.17) is 14.6 Å². The highest BCUT2D eigenvalue weighted by molar-refractivity contribution is 5.66. The molecule has 0 aromatic heterocycles. The first-order valence-corrected chi connectivity index (χ1v) is 9.99. The number of hydrogen-bond donors (Lipinski definition) is 1. The molecule has 0 fully saturated rings. The van der Waals surface area contributed by atoms with Crippen molar-refractivity contribution in [2.45, 2.75) is 64.6 Å². The van der Waals surface area contributed by atoms with Crippen LogP contribution >= 0.6 is 0 Å². The maximum Gasteiger partial charge on any atom is 0.305 e. The van der Waals surface area contributed by atoms with E-state index in [9.17, 15) is 4.79 Å². The van der Waals surface area contributed by atoms with Gasteiger partial charge in [0, 0.05) is 0 Å². The highest BCUT2D eigenvalue weighted by Gasteiger charge is 2.20. The van der Waals surface area contributed by atoms with Gasteiger partial charge in [0.15, 0.2) is 0 Å². The number of aryl methyl sites for hydroxylation is 1. The third-order valence-electron chi connectivity index (χ3n) is 5.26. The van der Waals surface area contributed by atoms with Crippen LogP contribution in [0.15, 0.2) is 42.5 Å². The summed E-state index contributed by atoms with van der Waals surface area (Å²) < 4.78 is 11.7.